The minimum atomic E-state index is -1.19. The van der Waals surface area contributed by atoms with Crippen LogP contribution >= 0.6 is 22.9 Å². The van der Waals surface area contributed by atoms with E-state index in [-0.39, 0.29) is 12.9 Å². The van der Waals surface area contributed by atoms with Crippen LogP contribution in [0.5, 0.6) is 0 Å². The molecule has 0 saturated carbocycles. The standard InChI is InChI=1S/C17H19ClO4S/c18-14-4-1-3-12(9-14)17(20,5-2-6-19)13-10-15(23-11-13)16-21-7-8-22-16/h1,3-4,9-11,16,19-20H,2,5-8H2. The number of thiophene rings is 1. The number of hydrogen-bond acceptors (Lipinski definition) is 5. The maximum Gasteiger partial charge on any atom is 0.193 e. The van der Waals surface area contributed by atoms with Crippen LogP contribution in [0.1, 0.15) is 35.1 Å². The van der Waals surface area contributed by atoms with Crippen LogP contribution in [0, 0.1) is 0 Å². The topological polar surface area (TPSA) is 58.9 Å². The van der Waals surface area contributed by atoms with Gasteiger partial charge in [0, 0.05) is 11.6 Å². The number of hydrogen-bond donors (Lipinski definition) is 2. The first-order valence-corrected chi connectivity index (χ1v) is 8.80. The Balaban J connectivity index is 1.95. The molecule has 0 radical (unpaired) electrons. The third-order valence-corrected chi connectivity index (χ3v) is 5.14. The van der Waals surface area contributed by atoms with Crippen LogP contribution in [-0.2, 0) is 15.1 Å². The predicted molar refractivity (Wildman–Crippen MR) is 89.7 cm³/mol. The van der Waals surface area contributed by atoms with Gasteiger partial charge >= 0.3 is 0 Å². The first-order chi connectivity index (χ1) is 11.1. The van der Waals surface area contributed by atoms with E-state index in [4.69, 9.17) is 21.1 Å². The van der Waals surface area contributed by atoms with Gasteiger partial charge in [0.2, 0.25) is 0 Å². The molecule has 1 unspecified atom stereocenters. The minimum absolute atomic E-state index is 0.0225. The van der Waals surface area contributed by atoms with E-state index in [1.807, 2.05) is 23.6 Å². The number of ether oxygens (including phenoxy) is 2. The summed E-state index contributed by atoms with van der Waals surface area (Å²) in [5.41, 5.74) is 0.296. The number of halogens is 1. The molecule has 23 heavy (non-hydrogen) atoms. The Morgan fingerprint density at radius 2 is 2.00 bits per heavy atom. The summed E-state index contributed by atoms with van der Waals surface area (Å²) in [6, 6.07) is 9.12. The number of aliphatic hydroxyl groups excluding tert-OH is 1. The molecule has 124 valence electrons. The van der Waals surface area contributed by atoms with Crippen molar-refractivity contribution < 1.29 is 19.7 Å². The Bertz CT molecular complexity index is 654. The Morgan fingerprint density at radius 3 is 2.70 bits per heavy atom. The predicted octanol–water partition coefficient (Wildman–Crippen LogP) is 3.46. The summed E-state index contributed by atoms with van der Waals surface area (Å²) in [7, 11) is 0. The van der Waals surface area contributed by atoms with Crippen LogP contribution in [0.2, 0.25) is 5.02 Å². The molecule has 1 aromatic heterocycles. The molecule has 1 aromatic carbocycles. The molecule has 2 N–H and O–H groups in total. The van der Waals surface area contributed by atoms with Crippen molar-refractivity contribution in [3.8, 4) is 0 Å². The van der Waals surface area contributed by atoms with E-state index in [1.54, 1.807) is 12.1 Å². The summed E-state index contributed by atoms with van der Waals surface area (Å²) in [6.45, 7) is 1.19. The molecule has 6 heteroatoms. The second-order valence-corrected chi connectivity index (χ2v) is 6.89. The van der Waals surface area contributed by atoms with Crippen molar-refractivity contribution in [2.75, 3.05) is 19.8 Å². The fraction of sp³-hybridized carbons (Fsp3) is 0.412. The van der Waals surface area contributed by atoms with Gasteiger partial charge in [0.25, 0.3) is 0 Å². The lowest BCUT2D eigenvalue weighted by molar-refractivity contribution is -0.0415. The van der Waals surface area contributed by atoms with Gasteiger partial charge in [-0.05, 0) is 47.5 Å². The molecule has 1 fully saturated rings. The van der Waals surface area contributed by atoms with Crippen LogP contribution in [0.3, 0.4) is 0 Å². The highest BCUT2D eigenvalue weighted by Crippen LogP contribution is 2.39. The van der Waals surface area contributed by atoms with Crippen molar-refractivity contribution in [3.05, 3.63) is 56.7 Å². The van der Waals surface area contributed by atoms with Crippen LogP contribution in [0.15, 0.2) is 35.7 Å². The highest BCUT2D eigenvalue weighted by atomic mass is 35.5. The molecule has 2 aromatic rings. The molecular weight excluding hydrogens is 336 g/mol. The number of aliphatic hydroxyl groups is 2. The summed E-state index contributed by atoms with van der Waals surface area (Å²) >= 11 is 7.58. The normalized spacial score (nSPS) is 18.2. The second kappa shape index (κ2) is 7.30. The summed E-state index contributed by atoms with van der Waals surface area (Å²) in [5.74, 6) is 0. The SMILES string of the molecule is OCCCC(O)(c1cccc(Cl)c1)c1csc(C2OCCO2)c1. The molecule has 1 aliphatic heterocycles. The van der Waals surface area contributed by atoms with Crippen LogP contribution < -0.4 is 0 Å². The average Bonchev–Trinajstić information content (AvgIpc) is 3.23. The van der Waals surface area contributed by atoms with E-state index >= 15 is 0 Å². The third kappa shape index (κ3) is 3.60. The lowest BCUT2D eigenvalue weighted by Crippen LogP contribution is -2.27. The molecule has 0 aliphatic carbocycles. The van der Waals surface area contributed by atoms with Gasteiger partial charge in [0.15, 0.2) is 6.29 Å². The molecule has 1 aliphatic rings. The van der Waals surface area contributed by atoms with Crippen molar-refractivity contribution in [2.45, 2.75) is 24.7 Å². The fourth-order valence-electron chi connectivity index (χ4n) is 2.75. The van der Waals surface area contributed by atoms with Gasteiger partial charge in [-0.15, -0.1) is 11.3 Å². The van der Waals surface area contributed by atoms with Gasteiger partial charge in [-0.3, -0.25) is 0 Å². The zero-order chi connectivity index (χ0) is 16.3. The minimum Gasteiger partial charge on any atom is -0.396 e. The molecule has 1 atom stereocenters. The van der Waals surface area contributed by atoms with Crippen molar-refractivity contribution in [2.24, 2.45) is 0 Å². The number of benzene rings is 1. The van der Waals surface area contributed by atoms with Gasteiger partial charge in [-0.1, -0.05) is 23.7 Å². The second-order valence-electron chi connectivity index (χ2n) is 5.51. The van der Waals surface area contributed by atoms with E-state index in [2.05, 4.69) is 0 Å². The molecule has 3 rings (SSSR count). The van der Waals surface area contributed by atoms with Crippen molar-refractivity contribution in [1.29, 1.82) is 0 Å². The maximum atomic E-state index is 11.3. The molecule has 0 amide bonds. The van der Waals surface area contributed by atoms with E-state index in [0.29, 0.717) is 31.1 Å². The molecule has 0 bridgehead atoms. The molecule has 0 spiro atoms. The van der Waals surface area contributed by atoms with Gasteiger partial charge in [-0.25, -0.2) is 0 Å². The van der Waals surface area contributed by atoms with E-state index < -0.39 is 5.60 Å². The van der Waals surface area contributed by atoms with Crippen LogP contribution in [0.25, 0.3) is 0 Å². The molecular formula is C17H19ClO4S. The van der Waals surface area contributed by atoms with Gasteiger partial charge in [0.05, 0.1) is 18.1 Å². The lowest BCUT2D eigenvalue weighted by atomic mass is 9.84. The highest BCUT2D eigenvalue weighted by molar-refractivity contribution is 7.10. The summed E-state index contributed by atoms with van der Waals surface area (Å²) in [6.07, 6.45) is 0.548. The Labute approximate surface area is 144 Å². The van der Waals surface area contributed by atoms with Gasteiger partial charge in [-0.2, -0.15) is 0 Å². The first-order valence-electron chi connectivity index (χ1n) is 7.55. The molecule has 4 nitrogen and oxygen atoms in total. The Morgan fingerprint density at radius 1 is 1.22 bits per heavy atom. The summed E-state index contributed by atoms with van der Waals surface area (Å²) in [5, 5.41) is 23.0. The first kappa shape index (κ1) is 16.9. The third-order valence-electron chi connectivity index (χ3n) is 3.95. The lowest BCUT2D eigenvalue weighted by Gasteiger charge is -2.28. The van der Waals surface area contributed by atoms with Crippen molar-refractivity contribution in [3.63, 3.8) is 0 Å². The van der Waals surface area contributed by atoms with Crippen molar-refractivity contribution in [1.82, 2.24) is 0 Å². The monoisotopic (exact) mass is 354 g/mol. The average molecular weight is 355 g/mol. The molecule has 2 heterocycles. The quantitative estimate of drug-likeness (QED) is 0.834. The smallest absolute Gasteiger partial charge is 0.193 e. The fourth-order valence-corrected chi connectivity index (χ4v) is 3.91. The van der Waals surface area contributed by atoms with E-state index in [0.717, 1.165) is 16.0 Å². The highest BCUT2D eigenvalue weighted by Gasteiger charge is 2.33. The van der Waals surface area contributed by atoms with Crippen molar-refractivity contribution >= 4 is 22.9 Å². The Hall–Kier alpha value is -0.950. The number of rotatable bonds is 6. The largest absolute Gasteiger partial charge is 0.396 e. The van der Waals surface area contributed by atoms with Crippen LogP contribution in [0.4, 0.5) is 0 Å². The molecule has 1 saturated heterocycles. The van der Waals surface area contributed by atoms with Gasteiger partial charge < -0.3 is 19.7 Å². The summed E-state index contributed by atoms with van der Waals surface area (Å²) < 4.78 is 11.0. The Kier molecular flexibility index (Phi) is 5.36. The summed E-state index contributed by atoms with van der Waals surface area (Å²) in [4.78, 5) is 0.932. The zero-order valence-corrected chi connectivity index (χ0v) is 14.1. The van der Waals surface area contributed by atoms with Crippen LogP contribution in [-0.4, -0.2) is 30.0 Å². The van der Waals surface area contributed by atoms with E-state index in [9.17, 15) is 10.2 Å². The van der Waals surface area contributed by atoms with Gasteiger partial charge in [0.1, 0.15) is 5.60 Å². The maximum absolute atomic E-state index is 11.3. The van der Waals surface area contributed by atoms with E-state index in [1.165, 1.54) is 11.3 Å². The zero-order valence-electron chi connectivity index (χ0n) is 12.6.